The molecule has 21 heavy (non-hydrogen) atoms. The molecule has 0 N–H and O–H groups in total. The van der Waals surface area contributed by atoms with Gasteiger partial charge in [-0.3, -0.25) is 0 Å². The molecule has 0 aromatic carbocycles. The first kappa shape index (κ1) is 9.67. The number of rotatable bonds is 4. The average Bonchev–Trinajstić information content (AvgIpc) is 3.21. The van der Waals surface area contributed by atoms with E-state index in [4.69, 9.17) is 0 Å². The number of quaternary nitrogens is 2. The van der Waals surface area contributed by atoms with Crippen LogP contribution >= 0.6 is 0 Å². The molecule has 4 unspecified atom stereocenters. The second-order valence-electron chi connectivity index (χ2n) is 14.9. The van der Waals surface area contributed by atoms with E-state index in [1.807, 2.05) is 0 Å². The molecule has 3 heteroatoms. The van der Waals surface area contributed by atoms with Crippen molar-refractivity contribution in [3.05, 3.63) is 0 Å². The third-order valence-corrected chi connectivity index (χ3v) is 60.9. The SMILES string of the molecule is C[N+](C)(C)C[C]12[CH]3[CH]4[CH]5[C]1(C[N+](C)(C)C)[Fe]43521678[CH]2[CH]1[CH]6[CH]7[CH]28. The minimum absolute atomic E-state index is 1.04. The molecule has 118 valence electrons. The molecule has 10 aliphatic heterocycles. The van der Waals surface area contributed by atoms with E-state index in [1.54, 1.807) is 13.1 Å². The van der Waals surface area contributed by atoms with Crippen LogP contribution in [0, 0.1) is 0 Å². The monoisotopic (exact) mass is 330 g/mol. The molecule has 0 aromatic heterocycles. The molecule has 0 aliphatic carbocycles. The molecule has 0 bridgehead atoms. The Labute approximate surface area is 118 Å². The summed E-state index contributed by atoms with van der Waals surface area (Å²) in [5, 5.41) is 0. The van der Waals surface area contributed by atoms with Gasteiger partial charge in [-0.2, -0.15) is 0 Å². The van der Waals surface area contributed by atoms with Gasteiger partial charge in [0.2, 0.25) is 0 Å². The topological polar surface area (TPSA) is 0 Å². The Morgan fingerprint density at radius 1 is 0.619 bits per heavy atom. The van der Waals surface area contributed by atoms with Crippen LogP contribution in [0.25, 0.3) is 0 Å². The first-order valence-electron chi connectivity index (χ1n) is 9.17. The summed E-state index contributed by atoms with van der Waals surface area (Å²) < 4.78 is 4.61. The Kier molecular flexibility index (Phi) is 0.390. The molecule has 10 heterocycles. The van der Waals surface area contributed by atoms with Gasteiger partial charge in [0.05, 0.1) is 0 Å². The molecule has 10 rings (SSSR count). The van der Waals surface area contributed by atoms with Crippen LogP contribution in [0.4, 0.5) is 0 Å². The van der Waals surface area contributed by atoms with Crippen molar-refractivity contribution in [2.75, 3.05) is 55.4 Å². The van der Waals surface area contributed by atoms with E-state index in [2.05, 4.69) is 42.3 Å². The number of nitrogens with zero attached hydrogens (tertiary/aromatic N) is 2. The molecular weight excluding hydrogens is 300 g/mol. The predicted octanol–water partition coefficient (Wildman–Crippen LogP) is 3.53. The molecular formula is C18H30FeN2+2. The van der Waals surface area contributed by atoms with Gasteiger partial charge in [0.25, 0.3) is 0 Å². The summed E-state index contributed by atoms with van der Waals surface area (Å²) in [4.78, 5) is 11.7. The van der Waals surface area contributed by atoms with E-state index in [-0.39, 0.29) is 0 Å². The summed E-state index contributed by atoms with van der Waals surface area (Å²) in [6, 6.07) is 0. The molecule has 0 aromatic rings. The van der Waals surface area contributed by atoms with Crippen molar-refractivity contribution in [1.29, 1.82) is 0 Å². The zero-order valence-electron chi connectivity index (χ0n) is 14.3. The van der Waals surface area contributed by atoms with Crippen molar-refractivity contribution in [2.45, 2.75) is 47.2 Å². The number of hydrogen-bond acceptors (Lipinski definition) is 0. The first-order valence-corrected chi connectivity index (χ1v) is 15.4. The molecule has 0 saturated carbocycles. The summed E-state index contributed by atoms with van der Waals surface area (Å²) in [7, 11) is 15.0. The summed E-state index contributed by atoms with van der Waals surface area (Å²) in [6.07, 6.45) is 0. The van der Waals surface area contributed by atoms with Crippen molar-refractivity contribution < 1.29 is 15.5 Å². The second kappa shape index (κ2) is 0.848. The molecule has 10 fully saturated rings. The summed E-state index contributed by atoms with van der Waals surface area (Å²) in [5.74, 6) is 0. The van der Waals surface area contributed by atoms with Crippen LogP contribution in [-0.2, 0) is 6.51 Å². The van der Waals surface area contributed by atoms with Crippen molar-refractivity contribution in [2.24, 2.45) is 0 Å². The van der Waals surface area contributed by atoms with E-state index in [0.29, 0.717) is 0 Å². The van der Waals surface area contributed by atoms with E-state index >= 15 is 0 Å². The molecule has 10 aliphatic rings. The Morgan fingerprint density at radius 2 is 0.952 bits per heavy atom. The van der Waals surface area contributed by atoms with Crippen molar-refractivity contribution in [3.63, 3.8) is 0 Å². The van der Waals surface area contributed by atoms with Gasteiger partial charge in [-0.05, 0) is 0 Å². The summed E-state index contributed by atoms with van der Waals surface area (Å²) in [5.41, 5.74) is 0. The summed E-state index contributed by atoms with van der Waals surface area (Å²) in [6.45, 7) is 0.147. The van der Waals surface area contributed by atoms with Crippen LogP contribution < -0.4 is 0 Å². The van der Waals surface area contributed by atoms with Crippen molar-refractivity contribution >= 4 is 0 Å². The maximum absolute atomic E-state index is 3.07. The third-order valence-electron chi connectivity index (χ3n) is 16.9. The van der Waals surface area contributed by atoms with Crippen molar-refractivity contribution in [3.8, 4) is 0 Å². The standard InChI is InChI=1S/C13H25N2.C5H5.Fe/c1-14(2,3)10-12-8-7-9-13(12)11-15(4,5)6;1-2-4-5-3-1;/h7-9H,10-11H2,1-6H3;1-5H;/q+2;;. The molecule has 0 radical (unpaired) electrons. The van der Waals surface area contributed by atoms with Gasteiger partial charge in [-0.1, -0.05) is 0 Å². The van der Waals surface area contributed by atoms with Crippen LogP contribution in [0.15, 0.2) is 0 Å². The Morgan fingerprint density at radius 3 is 1.14 bits per heavy atom. The second-order valence-corrected chi connectivity index (χ2v) is 38.4. The van der Waals surface area contributed by atoms with Gasteiger partial charge < -0.3 is 0 Å². The molecule has 1 spiro atoms. The van der Waals surface area contributed by atoms with E-state index in [0.717, 1.165) is 8.63 Å². The van der Waals surface area contributed by atoms with Gasteiger partial charge in [-0.25, -0.2) is 0 Å². The van der Waals surface area contributed by atoms with Gasteiger partial charge in [0.1, 0.15) is 0 Å². The molecule has 4 atom stereocenters. The zero-order chi connectivity index (χ0) is 14.3. The van der Waals surface area contributed by atoms with E-state index in [9.17, 15) is 0 Å². The van der Waals surface area contributed by atoms with Crippen LogP contribution in [-0.4, -0.2) is 64.3 Å². The summed E-state index contributed by atoms with van der Waals surface area (Å²) >= 11 is 0. The zero-order valence-corrected chi connectivity index (χ0v) is 15.4. The molecule has 10 saturated heterocycles. The first-order chi connectivity index (χ1) is 9.35. The fraction of sp³-hybridized carbons (Fsp3) is 1.00. The van der Waals surface area contributed by atoms with E-state index < -0.39 is 6.51 Å². The Bertz CT molecular complexity index is 1010. The third kappa shape index (κ3) is 0.121. The van der Waals surface area contributed by atoms with Crippen LogP contribution in [0.3, 0.4) is 0 Å². The van der Waals surface area contributed by atoms with Gasteiger partial charge in [0.15, 0.2) is 0 Å². The van der Waals surface area contributed by atoms with Gasteiger partial charge in [0, 0.05) is 0 Å². The van der Waals surface area contributed by atoms with Crippen LogP contribution in [0.5, 0.6) is 0 Å². The molecule has 2 nitrogen and oxygen atoms in total. The normalized spacial score (nSPS) is 104. The molecule has 0 amide bonds. The Balaban J connectivity index is 1.43. The Hall–Kier alpha value is 0.439. The van der Waals surface area contributed by atoms with Gasteiger partial charge >= 0.3 is 118 Å². The van der Waals surface area contributed by atoms with E-state index in [1.165, 1.54) is 47.5 Å². The fourth-order valence-electron chi connectivity index (χ4n) is 19.7. The van der Waals surface area contributed by atoms with Gasteiger partial charge in [-0.15, -0.1) is 0 Å². The predicted molar refractivity (Wildman–Crippen MR) is 81.2 cm³/mol. The minimum atomic E-state index is -3.07. The average molecular weight is 330 g/mol. The van der Waals surface area contributed by atoms with Crippen LogP contribution in [0.2, 0.25) is 47.2 Å². The number of fused-ring (bicyclic) bond motifs is 10. The quantitative estimate of drug-likeness (QED) is 0.546. The van der Waals surface area contributed by atoms with Crippen molar-refractivity contribution in [1.82, 2.24) is 0 Å². The number of hydrogen-bond donors (Lipinski definition) is 0. The fourth-order valence-corrected chi connectivity index (χ4v) is 97.5. The van der Waals surface area contributed by atoms with Crippen LogP contribution in [0.1, 0.15) is 0 Å². The maximum atomic E-state index is 2.51.